The van der Waals surface area contributed by atoms with Crippen molar-refractivity contribution in [2.75, 3.05) is 17.4 Å². The second-order valence-electron chi connectivity index (χ2n) is 9.77. The van der Waals surface area contributed by atoms with Crippen LogP contribution >= 0.6 is 27.5 Å². The largest absolute Gasteiger partial charge is 0.354 e. The van der Waals surface area contributed by atoms with E-state index >= 15 is 0 Å². The molecular formula is C29H33BrClN3O4S. The van der Waals surface area contributed by atoms with E-state index in [1.54, 1.807) is 25.1 Å². The summed E-state index contributed by atoms with van der Waals surface area (Å²) in [6, 6.07) is 19.3. The Bertz CT molecular complexity index is 1400. The first kappa shape index (κ1) is 30.7. The first-order valence-corrected chi connectivity index (χ1v) is 15.2. The Labute approximate surface area is 244 Å². The highest BCUT2D eigenvalue weighted by molar-refractivity contribution is 9.10. The number of sulfonamides is 1. The fourth-order valence-corrected chi connectivity index (χ4v) is 5.66. The second-order valence-corrected chi connectivity index (χ2v) is 13.0. The van der Waals surface area contributed by atoms with Gasteiger partial charge in [0, 0.05) is 22.6 Å². The zero-order valence-electron chi connectivity index (χ0n) is 22.4. The molecule has 0 saturated heterocycles. The third-order valence-electron chi connectivity index (χ3n) is 6.09. The maximum atomic E-state index is 13.9. The topological polar surface area (TPSA) is 86.8 Å². The van der Waals surface area contributed by atoms with Crippen LogP contribution in [0, 0.1) is 12.8 Å². The van der Waals surface area contributed by atoms with Crippen LogP contribution in [0.1, 0.15) is 31.9 Å². The van der Waals surface area contributed by atoms with E-state index < -0.39 is 28.5 Å². The number of anilines is 1. The number of nitrogens with zero attached hydrogens (tertiary/aromatic N) is 2. The third-order valence-corrected chi connectivity index (χ3v) is 8.66. The first-order chi connectivity index (χ1) is 18.4. The quantitative estimate of drug-likeness (QED) is 0.289. The van der Waals surface area contributed by atoms with Crippen LogP contribution in [0.5, 0.6) is 0 Å². The molecule has 7 nitrogen and oxygen atoms in total. The number of nitrogens with one attached hydrogen (secondary N) is 1. The van der Waals surface area contributed by atoms with Crippen LogP contribution < -0.4 is 9.62 Å². The molecule has 208 valence electrons. The molecule has 0 fully saturated rings. The Hall–Kier alpha value is -2.88. The van der Waals surface area contributed by atoms with Crippen LogP contribution in [0.25, 0.3) is 0 Å². The maximum absolute atomic E-state index is 13.9. The predicted molar refractivity (Wildman–Crippen MR) is 159 cm³/mol. The van der Waals surface area contributed by atoms with E-state index in [1.807, 2.05) is 51.1 Å². The lowest BCUT2D eigenvalue weighted by molar-refractivity contribution is -0.139. The summed E-state index contributed by atoms with van der Waals surface area (Å²) in [5, 5.41) is 3.28. The number of carbonyl (C=O) groups excluding carboxylic acids is 2. The van der Waals surface area contributed by atoms with Gasteiger partial charge in [-0.15, -0.1) is 0 Å². The highest BCUT2D eigenvalue weighted by Crippen LogP contribution is 2.26. The summed E-state index contributed by atoms with van der Waals surface area (Å²) in [7, 11) is -4.14. The number of rotatable bonds is 11. The Morgan fingerprint density at radius 3 is 2.21 bits per heavy atom. The van der Waals surface area contributed by atoms with Gasteiger partial charge in [0.25, 0.3) is 10.0 Å². The summed E-state index contributed by atoms with van der Waals surface area (Å²) in [5.74, 6) is -0.584. The second kappa shape index (κ2) is 13.5. The SMILES string of the molecule is Cc1cccc(N(CC(=O)N(Cc2ccc(Br)cc2)[C@H](C)C(=O)NCC(C)C)S(=O)(=O)c2ccc(Cl)cc2)c1. The number of halogens is 2. The van der Waals surface area contributed by atoms with Crippen molar-refractivity contribution in [2.24, 2.45) is 5.92 Å². The van der Waals surface area contributed by atoms with Gasteiger partial charge in [0.15, 0.2) is 0 Å². The third kappa shape index (κ3) is 8.30. The van der Waals surface area contributed by atoms with Gasteiger partial charge >= 0.3 is 0 Å². The summed E-state index contributed by atoms with van der Waals surface area (Å²) in [6.45, 7) is 7.56. The van der Waals surface area contributed by atoms with Crippen LogP contribution in [0.3, 0.4) is 0 Å². The summed E-state index contributed by atoms with van der Waals surface area (Å²) in [5.41, 5.74) is 1.99. The van der Waals surface area contributed by atoms with Crippen LogP contribution in [-0.2, 0) is 26.2 Å². The molecule has 2 amide bonds. The van der Waals surface area contributed by atoms with Gasteiger partial charge in [-0.2, -0.15) is 0 Å². The van der Waals surface area contributed by atoms with Gasteiger partial charge in [-0.3, -0.25) is 13.9 Å². The summed E-state index contributed by atoms with van der Waals surface area (Å²) in [4.78, 5) is 28.4. The maximum Gasteiger partial charge on any atom is 0.264 e. The lowest BCUT2D eigenvalue weighted by Gasteiger charge is -2.32. The van der Waals surface area contributed by atoms with Gasteiger partial charge in [-0.05, 0) is 79.4 Å². The average molecular weight is 635 g/mol. The van der Waals surface area contributed by atoms with Crippen LogP contribution in [0.15, 0.2) is 82.2 Å². The normalized spacial score (nSPS) is 12.2. The lowest BCUT2D eigenvalue weighted by Crippen LogP contribution is -2.51. The number of hydrogen-bond acceptors (Lipinski definition) is 4. The molecule has 0 aliphatic carbocycles. The Morgan fingerprint density at radius 2 is 1.62 bits per heavy atom. The average Bonchev–Trinajstić information content (AvgIpc) is 2.89. The monoisotopic (exact) mass is 633 g/mol. The lowest BCUT2D eigenvalue weighted by atomic mass is 10.1. The van der Waals surface area contributed by atoms with E-state index in [2.05, 4.69) is 21.2 Å². The van der Waals surface area contributed by atoms with Crippen molar-refractivity contribution < 1.29 is 18.0 Å². The molecule has 0 bridgehead atoms. The number of amides is 2. The molecule has 0 unspecified atom stereocenters. The minimum absolute atomic E-state index is 0.00314. The zero-order valence-corrected chi connectivity index (χ0v) is 25.6. The predicted octanol–water partition coefficient (Wildman–Crippen LogP) is 5.80. The zero-order chi connectivity index (χ0) is 28.7. The van der Waals surface area contributed by atoms with E-state index in [0.29, 0.717) is 17.3 Å². The molecule has 0 heterocycles. The van der Waals surface area contributed by atoms with Crippen molar-refractivity contribution in [1.82, 2.24) is 10.2 Å². The first-order valence-electron chi connectivity index (χ1n) is 12.5. The molecule has 3 rings (SSSR count). The van der Waals surface area contributed by atoms with Gasteiger partial charge in [0.1, 0.15) is 12.6 Å². The van der Waals surface area contributed by atoms with Crippen molar-refractivity contribution in [2.45, 2.75) is 45.2 Å². The van der Waals surface area contributed by atoms with E-state index in [9.17, 15) is 18.0 Å². The molecule has 0 aliphatic heterocycles. The molecule has 3 aromatic rings. The summed E-state index contributed by atoms with van der Waals surface area (Å²) >= 11 is 9.40. The fourth-order valence-electron chi connectivity index (χ4n) is 3.87. The molecule has 3 aromatic carbocycles. The molecule has 39 heavy (non-hydrogen) atoms. The van der Waals surface area contributed by atoms with Gasteiger partial charge in [-0.25, -0.2) is 8.42 Å². The fraction of sp³-hybridized carbons (Fsp3) is 0.310. The minimum Gasteiger partial charge on any atom is -0.354 e. The van der Waals surface area contributed by atoms with E-state index in [-0.39, 0.29) is 23.3 Å². The van der Waals surface area contributed by atoms with Gasteiger partial charge in [0.05, 0.1) is 10.6 Å². The standard InChI is InChI=1S/C29H33BrClN3O4S/c1-20(2)17-32-29(36)22(4)33(18-23-8-10-24(30)11-9-23)28(35)19-34(26-7-5-6-21(3)16-26)39(37,38)27-14-12-25(31)13-15-27/h5-16,20,22H,17-19H2,1-4H3,(H,32,36)/t22-/m1/s1. The molecule has 0 aromatic heterocycles. The molecule has 0 spiro atoms. The highest BCUT2D eigenvalue weighted by Gasteiger charge is 2.32. The molecule has 1 atom stereocenters. The van der Waals surface area contributed by atoms with Crippen molar-refractivity contribution in [3.05, 3.63) is 93.4 Å². The number of hydrogen-bond donors (Lipinski definition) is 1. The molecule has 0 saturated carbocycles. The molecule has 10 heteroatoms. The van der Waals surface area contributed by atoms with E-state index in [4.69, 9.17) is 11.6 Å². The van der Waals surface area contributed by atoms with Crippen molar-refractivity contribution in [1.29, 1.82) is 0 Å². The van der Waals surface area contributed by atoms with Crippen molar-refractivity contribution in [3.63, 3.8) is 0 Å². The summed E-state index contributed by atoms with van der Waals surface area (Å²) < 4.78 is 29.6. The number of aryl methyl sites for hydroxylation is 1. The smallest absolute Gasteiger partial charge is 0.264 e. The Morgan fingerprint density at radius 1 is 0.974 bits per heavy atom. The number of carbonyl (C=O) groups is 2. The highest BCUT2D eigenvalue weighted by atomic mass is 79.9. The molecular weight excluding hydrogens is 602 g/mol. The van der Waals surface area contributed by atoms with E-state index in [1.165, 1.54) is 29.2 Å². The van der Waals surface area contributed by atoms with Gasteiger partial charge < -0.3 is 10.2 Å². The Kier molecular flexibility index (Phi) is 10.6. The van der Waals surface area contributed by atoms with Gasteiger partial charge in [-0.1, -0.05) is 65.6 Å². The number of benzene rings is 3. The van der Waals surface area contributed by atoms with Crippen LogP contribution in [0.2, 0.25) is 5.02 Å². The van der Waals surface area contributed by atoms with Crippen LogP contribution in [-0.4, -0.2) is 44.3 Å². The van der Waals surface area contributed by atoms with Gasteiger partial charge in [0.2, 0.25) is 11.8 Å². The van der Waals surface area contributed by atoms with E-state index in [0.717, 1.165) is 19.9 Å². The summed E-state index contributed by atoms with van der Waals surface area (Å²) in [6.07, 6.45) is 0. The Balaban J connectivity index is 2.01. The molecule has 0 radical (unpaired) electrons. The van der Waals surface area contributed by atoms with Crippen molar-refractivity contribution >= 4 is 55.1 Å². The molecule has 1 N–H and O–H groups in total. The minimum atomic E-state index is -4.14. The molecule has 0 aliphatic rings. The van der Waals surface area contributed by atoms with Crippen molar-refractivity contribution in [3.8, 4) is 0 Å². The van der Waals surface area contributed by atoms with Crippen LogP contribution in [0.4, 0.5) is 5.69 Å².